The van der Waals surface area contributed by atoms with Gasteiger partial charge in [-0.2, -0.15) is 0 Å². The Labute approximate surface area is 187 Å². The molecule has 0 saturated carbocycles. The summed E-state index contributed by atoms with van der Waals surface area (Å²) < 4.78 is 3.67. The zero-order chi connectivity index (χ0) is 23.0. The van der Waals surface area contributed by atoms with Gasteiger partial charge in [0, 0.05) is 17.2 Å². The first-order valence-corrected chi connectivity index (χ1v) is 10.8. The lowest BCUT2D eigenvalue weighted by Gasteiger charge is -2.07. The summed E-state index contributed by atoms with van der Waals surface area (Å²) >= 11 is 0. The van der Waals surface area contributed by atoms with E-state index in [1.54, 1.807) is 4.57 Å². The number of hydrogen-bond donors (Lipinski definition) is 2. The lowest BCUT2D eigenvalue weighted by molar-refractivity contribution is 0.0934. The van der Waals surface area contributed by atoms with Crippen LogP contribution in [0.4, 0.5) is 0 Å². The lowest BCUT2D eigenvalue weighted by atomic mass is 10.00. The van der Waals surface area contributed by atoms with Gasteiger partial charge in [0.15, 0.2) is 11.6 Å². The molecule has 0 bridgehead atoms. The predicted molar refractivity (Wildman–Crippen MR) is 125 cm³/mol. The molecule has 0 aliphatic carbocycles. The van der Waals surface area contributed by atoms with Gasteiger partial charge in [0.25, 0.3) is 0 Å². The molecule has 2 aromatic carbocycles. The van der Waals surface area contributed by atoms with Crippen LogP contribution in [-0.2, 0) is 13.1 Å². The zero-order valence-corrected chi connectivity index (χ0v) is 18.9. The van der Waals surface area contributed by atoms with Gasteiger partial charge < -0.3 is 14.1 Å². The van der Waals surface area contributed by atoms with Crippen LogP contribution in [0.25, 0.3) is 11.0 Å². The van der Waals surface area contributed by atoms with Crippen LogP contribution in [0.5, 0.6) is 0 Å². The third kappa shape index (κ3) is 3.73. The third-order valence-electron chi connectivity index (χ3n) is 5.95. The highest BCUT2D eigenvalue weighted by molar-refractivity contribution is 6.04. The van der Waals surface area contributed by atoms with E-state index in [1.165, 1.54) is 0 Å². The van der Waals surface area contributed by atoms with Crippen molar-refractivity contribution in [1.29, 1.82) is 5.41 Å². The number of Topliss-reactive ketones (excluding diaryl/α,β-unsaturated/α-hetero) is 2. The molecule has 0 spiro atoms. The largest absolute Gasteiger partial charge is 0.355 e. The first kappa shape index (κ1) is 21.6. The molecule has 0 aliphatic rings. The van der Waals surface area contributed by atoms with E-state index in [9.17, 15) is 9.59 Å². The molecular weight excluding hydrogens is 400 g/mol. The number of ketones is 2. The Bertz CT molecular complexity index is 1370. The van der Waals surface area contributed by atoms with Crippen molar-refractivity contribution in [1.82, 2.24) is 14.1 Å². The van der Waals surface area contributed by atoms with Crippen LogP contribution in [0.1, 0.15) is 51.5 Å². The smallest absolute Gasteiger partial charge is 0.203 e. The SMILES string of the molecule is Cc1[nH]c(C(=O)C(C)C)c(C)c1C(=O)Cn1c(=N)n(Cc2ccccc2)c2ccccc21. The Hall–Kier alpha value is -3.67. The van der Waals surface area contributed by atoms with Gasteiger partial charge >= 0.3 is 0 Å². The minimum Gasteiger partial charge on any atom is -0.355 e. The number of rotatable bonds is 7. The topological polar surface area (TPSA) is 83.6 Å². The van der Waals surface area contributed by atoms with E-state index in [1.807, 2.05) is 86.9 Å². The fraction of sp³-hybridized carbons (Fsp3) is 0.269. The summed E-state index contributed by atoms with van der Waals surface area (Å²) in [5.74, 6) is -0.266. The number of nitrogens with one attached hydrogen (secondary N) is 2. The van der Waals surface area contributed by atoms with Gasteiger partial charge in [0.2, 0.25) is 5.62 Å². The van der Waals surface area contributed by atoms with E-state index in [4.69, 9.17) is 5.41 Å². The highest BCUT2D eigenvalue weighted by atomic mass is 16.1. The van der Waals surface area contributed by atoms with Gasteiger partial charge in [-0.1, -0.05) is 56.3 Å². The summed E-state index contributed by atoms with van der Waals surface area (Å²) in [5.41, 5.74) is 5.54. The number of carbonyl (C=O) groups excluding carboxylic acids is 2. The van der Waals surface area contributed by atoms with Crippen molar-refractivity contribution in [2.24, 2.45) is 5.92 Å². The molecule has 2 heterocycles. The second kappa shape index (κ2) is 8.46. The van der Waals surface area contributed by atoms with Crippen LogP contribution in [0.15, 0.2) is 54.6 Å². The first-order chi connectivity index (χ1) is 15.3. The van der Waals surface area contributed by atoms with Crippen LogP contribution >= 0.6 is 0 Å². The first-order valence-electron chi connectivity index (χ1n) is 10.8. The number of hydrogen-bond acceptors (Lipinski definition) is 3. The number of aromatic amines is 1. The number of aryl methyl sites for hydroxylation is 1. The third-order valence-corrected chi connectivity index (χ3v) is 5.95. The van der Waals surface area contributed by atoms with Crippen molar-refractivity contribution in [2.45, 2.75) is 40.8 Å². The van der Waals surface area contributed by atoms with Gasteiger partial charge in [0.1, 0.15) is 0 Å². The van der Waals surface area contributed by atoms with Crippen LogP contribution in [0.2, 0.25) is 0 Å². The van der Waals surface area contributed by atoms with E-state index < -0.39 is 0 Å². The van der Waals surface area contributed by atoms with Gasteiger partial charge in [0.05, 0.1) is 29.8 Å². The molecule has 0 atom stereocenters. The van der Waals surface area contributed by atoms with Crippen molar-refractivity contribution in [3.8, 4) is 0 Å². The molecule has 0 fully saturated rings. The molecule has 6 nitrogen and oxygen atoms in total. The molecule has 32 heavy (non-hydrogen) atoms. The summed E-state index contributed by atoms with van der Waals surface area (Å²) in [6.07, 6.45) is 0. The average molecular weight is 429 g/mol. The van der Waals surface area contributed by atoms with E-state index in [-0.39, 0.29) is 29.6 Å². The Morgan fingerprint density at radius 3 is 2.16 bits per heavy atom. The maximum Gasteiger partial charge on any atom is 0.203 e. The van der Waals surface area contributed by atoms with Gasteiger partial charge in [-0.05, 0) is 37.1 Å². The summed E-state index contributed by atoms with van der Waals surface area (Å²) in [6, 6.07) is 17.8. The average Bonchev–Trinajstić information content (AvgIpc) is 3.22. The van der Waals surface area contributed by atoms with E-state index in [0.717, 1.165) is 16.6 Å². The molecule has 6 heteroatoms. The van der Waals surface area contributed by atoms with Crippen molar-refractivity contribution in [3.63, 3.8) is 0 Å². The molecular formula is C26H28N4O2. The van der Waals surface area contributed by atoms with E-state index in [2.05, 4.69) is 4.98 Å². The summed E-state index contributed by atoms with van der Waals surface area (Å²) in [6.45, 7) is 7.93. The highest BCUT2D eigenvalue weighted by Crippen LogP contribution is 2.22. The van der Waals surface area contributed by atoms with Crippen LogP contribution in [0.3, 0.4) is 0 Å². The molecule has 0 amide bonds. The summed E-state index contributed by atoms with van der Waals surface area (Å²) in [7, 11) is 0. The van der Waals surface area contributed by atoms with Crippen molar-refractivity contribution in [2.75, 3.05) is 0 Å². The number of para-hydroxylation sites is 2. The molecule has 0 radical (unpaired) electrons. The number of benzene rings is 2. The van der Waals surface area contributed by atoms with Crippen LogP contribution < -0.4 is 5.62 Å². The maximum atomic E-state index is 13.4. The quantitative estimate of drug-likeness (QED) is 0.421. The fourth-order valence-electron chi connectivity index (χ4n) is 4.31. The Kier molecular flexibility index (Phi) is 5.70. The number of carbonyl (C=O) groups is 2. The Morgan fingerprint density at radius 1 is 0.938 bits per heavy atom. The van der Waals surface area contributed by atoms with Gasteiger partial charge in [-0.3, -0.25) is 15.0 Å². The predicted octanol–water partition coefficient (Wildman–Crippen LogP) is 4.64. The fourth-order valence-corrected chi connectivity index (χ4v) is 4.31. The van der Waals surface area contributed by atoms with Crippen LogP contribution in [0, 0.1) is 25.2 Å². The molecule has 2 aromatic heterocycles. The number of imidazole rings is 1. The van der Waals surface area contributed by atoms with E-state index in [0.29, 0.717) is 29.1 Å². The minimum atomic E-state index is -0.153. The molecule has 4 aromatic rings. The molecule has 0 saturated heterocycles. The molecule has 164 valence electrons. The van der Waals surface area contributed by atoms with E-state index >= 15 is 0 Å². The molecule has 0 unspecified atom stereocenters. The maximum absolute atomic E-state index is 13.4. The molecule has 2 N–H and O–H groups in total. The Morgan fingerprint density at radius 2 is 1.53 bits per heavy atom. The Balaban J connectivity index is 1.75. The zero-order valence-electron chi connectivity index (χ0n) is 18.9. The van der Waals surface area contributed by atoms with Crippen molar-refractivity contribution in [3.05, 3.63) is 88.3 Å². The van der Waals surface area contributed by atoms with Crippen molar-refractivity contribution >= 4 is 22.6 Å². The van der Waals surface area contributed by atoms with Gasteiger partial charge in [-0.25, -0.2) is 0 Å². The van der Waals surface area contributed by atoms with Crippen molar-refractivity contribution < 1.29 is 9.59 Å². The standard InChI is InChI=1S/C26H28N4O2/c1-16(2)25(32)24-17(3)23(18(4)28-24)22(31)15-30-21-13-9-8-12-20(21)29(26(30)27)14-19-10-6-5-7-11-19/h5-13,16,27-28H,14-15H2,1-4H3. The van der Waals surface area contributed by atoms with Crippen LogP contribution in [-0.4, -0.2) is 25.7 Å². The van der Waals surface area contributed by atoms with Gasteiger partial charge in [-0.15, -0.1) is 0 Å². The normalized spacial score (nSPS) is 11.4. The number of nitrogens with zero attached hydrogens (tertiary/aromatic N) is 2. The summed E-state index contributed by atoms with van der Waals surface area (Å²) in [5, 5.41) is 8.83. The monoisotopic (exact) mass is 428 g/mol. The molecule has 0 aliphatic heterocycles. The highest BCUT2D eigenvalue weighted by Gasteiger charge is 2.24. The minimum absolute atomic E-state index is 0.00190. The molecule has 4 rings (SSSR count). The second-order valence-corrected chi connectivity index (χ2v) is 8.54. The number of fused-ring (bicyclic) bond motifs is 1. The lowest BCUT2D eigenvalue weighted by Crippen LogP contribution is -2.28. The number of aromatic nitrogens is 3. The second-order valence-electron chi connectivity index (χ2n) is 8.54. The summed E-state index contributed by atoms with van der Waals surface area (Å²) in [4.78, 5) is 29.0. The number of H-pyrrole nitrogens is 1.